The van der Waals surface area contributed by atoms with E-state index in [0.717, 1.165) is 0 Å². The normalized spacial score (nSPS) is 17.3. The summed E-state index contributed by atoms with van der Waals surface area (Å²) in [5, 5.41) is 3.53. The first-order valence-corrected chi connectivity index (χ1v) is 9.72. The zero-order valence-corrected chi connectivity index (χ0v) is 16.8. The van der Waals surface area contributed by atoms with Gasteiger partial charge in [-0.15, -0.1) is 0 Å². The third-order valence-electron chi connectivity index (χ3n) is 3.98. The molecule has 1 atom stereocenters. The lowest BCUT2D eigenvalue weighted by molar-refractivity contribution is -0.131. The van der Waals surface area contributed by atoms with Crippen LogP contribution in [0.3, 0.4) is 0 Å². The fraction of sp³-hybridized carbons (Fsp3) is 0.625. The Kier molecular flexibility index (Phi) is 7.92. The minimum absolute atomic E-state index is 0.0774. The van der Waals surface area contributed by atoms with Gasteiger partial charge in [-0.25, -0.2) is 9.97 Å². The van der Waals surface area contributed by atoms with Crippen LogP contribution in [0.5, 0.6) is 0 Å². The minimum Gasteiger partial charge on any atom is -0.383 e. The van der Waals surface area contributed by atoms with Gasteiger partial charge in [-0.2, -0.15) is 0 Å². The van der Waals surface area contributed by atoms with E-state index in [1.54, 1.807) is 20.1 Å². The minimum atomic E-state index is -0.110. The molecule has 2 heterocycles. The van der Waals surface area contributed by atoms with E-state index in [0.29, 0.717) is 48.9 Å². The zero-order chi connectivity index (χ0) is 19.1. The molecule has 0 unspecified atom stereocenters. The van der Waals surface area contributed by atoms with Gasteiger partial charge in [0.15, 0.2) is 5.16 Å². The molecular formula is C16H24ClN5O3S. The van der Waals surface area contributed by atoms with Crippen molar-refractivity contribution in [1.82, 2.24) is 20.2 Å². The molecule has 144 valence electrons. The van der Waals surface area contributed by atoms with Crippen molar-refractivity contribution in [2.45, 2.75) is 25.0 Å². The van der Waals surface area contributed by atoms with Crippen molar-refractivity contribution in [3.05, 3.63) is 11.2 Å². The Balaban J connectivity index is 1.97. The highest BCUT2D eigenvalue weighted by Crippen LogP contribution is 2.24. The van der Waals surface area contributed by atoms with Crippen molar-refractivity contribution >= 4 is 41.0 Å². The number of amides is 2. The van der Waals surface area contributed by atoms with E-state index in [1.165, 1.54) is 11.8 Å². The number of nitrogens with zero attached hydrogens (tertiary/aromatic N) is 4. The van der Waals surface area contributed by atoms with Gasteiger partial charge in [0, 0.05) is 52.3 Å². The molecule has 1 saturated heterocycles. The zero-order valence-electron chi connectivity index (χ0n) is 15.2. The summed E-state index contributed by atoms with van der Waals surface area (Å²) >= 11 is 7.36. The molecule has 0 spiro atoms. The standard InChI is InChI=1S/C16H24ClN5O3S/c1-11-9-21(5-6-22(11)12(2)23)14-8-13(17)19-16(20-14)26-10-15(24)18-4-7-25-3/h8,11H,4-7,9-10H2,1-3H3,(H,18,24)/t11-/m1/s1. The van der Waals surface area contributed by atoms with Crippen LogP contribution < -0.4 is 10.2 Å². The Morgan fingerprint density at radius 3 is 2.85 bits per heavy atom. The second-order valence-corrected chi connectivity index (χ2v) is 7.30. The van der Waals surface area contributed by atoms with Gasteiger partial charge in [-0.1, -0.05) is 23.4 Å². The molecule has 0 aromatic carbocycles. The van der Waals surface area contributed by atoms with Crippen molar-refractivity contribution in [3.8, 4) is 0 Å². The highest BCUT2D eigenvalue weighted by atomic mass is 35.5. The summed E-state index contributed by atoms with van der Waals surface area (Å²) in [6, 6.07) is 1.80. The van der Waals surface area contributed by atoms with Gasteiger partial charge in [0.05, 0.1) is 12.4 Å². The maximum Gasteiger partial charge on any atom is 0.230 e. The number of halogens is 1. The quantitative estimate of drug-likeness (QED) is 0.316. The number of hydrogen-bond acceptors (Lipinski definition) is 7. The van der Waals surface area contributed by atoms with Gasteiger partial charge in [0.25, 0.3) is 0 Å². The van der Waals surface area contributed by atoms with Gasteiger partial charge in [-0.3, -0.25) is 9.59 Å². The molecule has 0 aliphatic carbocycles. The first-order chi connectivity index (χ1) is 12.4. The summed E-state index contributed by atoms with van der Waals surface area (Å²) in [6.07, 6.45) is 0. The molecule has 0 saturated carbocycles. The Morgan fingerprint density at radius 1 is 1.42 bits per heavy atom. The fourth-order valence-electron chi connectivity index (χ4n) is 2.72. The molecule has 2 amide bonds. The number of rotatable bonds is 7. The van der Waals surface area contributed by atoms with E-state index in [4.69, 9.17) is 16.3 Å². The van der Waals surface area contributed by atoms with E-state index in [1.807, 2.05) is 11.8 Å². The third kappa shape index (κ3) is 6.00. The van der Waals surface area contributed by atoms with Crippen LogP contribution in [0.1, 0.15) is 13.8 Å². The fourth-order valence-corrected chi connectivity index (χ4v) is 3.63. The Bertz CT molecular complexity index is 648. The average molecular weight is 402 g/mol. The van der Waals surface area contributed by atoms with Gasteiger partial charge >= 0.3 is 0 Å². The number of carbonyl (C=O) groups excluding carboxylic acids is 2. The molecule has 1 aliphatic rings. The molecule has 0 bridgehead atoms. The predicted octanol–water partition coefficient (Wildman–Crippen LogP) is 1.04. The smallest absolute Gasteiger partial charge is 0.230 e. The largest absolute Gasteiger partial charge is 0.383 e. The average Bonchev–Trinajstić information content (AvgIpc) is 2.59. The van der Waals surface area contributed by atoms with Crippen molar-refractivity contribution < 1.29 is 14.3 Å². The number of piperazine rings is 1. The van der Waals surface area contributed by atoms with Crippen molar-refractivity contribution in [1.29, 1.82) is 0 Å². The van der Waals surface area contributed by atoms with E-state index in [-0.39, 0.29) is 23.6 Å². The molecule has 0 radical (unpaired) electrons. The number of aromatic nitrogens is 2. The van der Waals surface area contributed by atoms with Crippen LogP contribution in [0.15, 0.2) is 11.2 Å². The van der Waals surface area contributed by atoms with Crippen molar-refractivity contribution in [2.24, 2.45) is 0 Å². The number of hydrogen-bond donors (Lipinski definition) is 1. The number of carbonyl (C=O) groups is 2. The SMILES string of the molecule is COCCNC(=O)CSc1nc(Cl)cc(N2CCN(C(C)=O)[C@H](C)C2)n1. The summed E-state index contributed by atoms with van der Waals surface area (Å²) in [5.74, 6) is 0.884. The second kappa shape index (κ2) is 9.94. The molecule has 1 aromatic rings. The van der Waals surface area contributed by atoms with Crippen LogP contribution >= 0.6 is 23.4 Å². The number of methoxy groups -OCH3 is 1. The molecule has 10 heteroatoms. The lowest BCUT2D eigenvalue weighted by Crippen LogP contribution is -2.53. The highest BCUT2D eigenvalue weighted by Gasteiger charge is 2.26. The van der Waals surface area contributed by atoms with Crippen LogP contribution in [0.4, 0.5) is 5.82 Å². The van der Waals surface area contributed by atoms with E-state index in [9.17, 15) is 9.59 Å². The molecule has 1 fully saturated rings. The van der Waals surface area contributed by atoms with Gasteiger partial charge < -0.3 is 19.9 Å². The van der Waals surface area contributed by atoms with Crippen LogP contribution in [0.2, 0.25) is 5.15 Å². The van der Waals surface area contributed by atoms with Crippen LogP contribution in [0.25, 0.3) is 0 Å². The lowest BCUT2D eigenvalue weighted by Gasteiger charge is -2.40. The number of anilines is 1. The van der Waals surface area contributed by atoms with Crippen molar-refractivity contribution in [3.63, 3.8) is 0 Å². The molecule has 1 N–H and O–H groups in total. The first kappa shape index (κ1) is 20.7. The summed E-state index contributed by atoms with van der Waals surface area (Å²) in [6.45, 7) is 6.53. The first-order valence-electron chi connectivity index (χ1n) is 8.36. The van der Waals surface area contributed by atoms with Gasteiger partial charge in [0.1, 0.15) is 11.0 Å². The van der Waals surface area contributed by atoms with Gasteiger partial charge in [0.2, 0.25) is 11.8 Å². The molecule has 2 rings (SSSR count). The molecule has 1 aliphatic heterocycles. The summed E-state index contributed by atoms with van der Waals surface area (Å²) in [5.41, 5.74) is 0. The Hall–Kier alpha value is -1.58. The Labute approximate surface area is 162 Å². The van der Waals surface area contributed by atoms with Crippen LogP contribution in [-0.2, 0) is 14.3 Å². The van der Waals surface area contributed by atoms with E-state index < -0.39 is 0 Å². The lowest BCUT2D eigenvalue weighted by atomic mass is 10.2. The maximum atomic E-state index is 11.8. The predicted molar refractivity (Wildman–Crippen MR) is 102 cm³/mol. The van der Waals surface area contributed by atoms with Gasteiger partial charge in [-0.05, 0) is 6.92 Å². The summed E-state index contributed by atoms with van der Waals surface area (Å²) in [4.78, 5) is 36.0. The number of nitrogens with one attached hydrogen (secondary N) is 1. The Morgan fingerprint density at radius 2 is 2.19 bits per heavy atom. The number of ether oxygens (including phenoxy) is 1. The molecule has 1 aromatic heterocycles. The highest BCUT2D eigenvalue weighted by molar-refractivity contribution is 7.99. The third-order valence-corrected chi connectivity index (χ3v) is 5.02. The van der Waals surface area contributed by atoms with Crippen molar-refractivity contribution in [2.75, 3.05) is 50.5 Å². The molecule has 26 heavy (non-hydrogen) atoms. The van der Waals surface area contributed by atoms with E-state index >= 15 is 0 Å². The van der Waals surface area contributed by atoms with Crippen LogP contribution in [0, 0.1) is 0 Å². The summed E-state index contributed by atoms with van der Waals surface area (Å²) < 4.78 is 4.89. The monoisotopic (exact) mass is 401 g/mol. The van der Waals surface area contributed by atoms with E-state index in [2.05, 4.69) is 20.2 Å². The molecule has 8 nitrogen and oxygen atoms in total. The molecular weight excluding hydrogens is 378 g/mol. The second-order valence-electron chi connectivity index (χ2n) is 5.97. The summed E-state index contributed by atoms with van der Waals surface area (Å²) in [7, 11) is 1.58. The van der Waals surface area contributed by atoms with Crippen LogP contribution in [-0.4, -0.2) is 78.4 Å². The topological polar surface area (TPSA) is 87.7 Å². The maximum absolute atomic E-state index is 11.8. The number of thioether (sulfide) groups is 1.